The Kier molecular flexibility index (Phi) is 3.55. The van der Waals surface area contributed by atoms with Crippen molar-refractivity contribution in [2.24, 2.45) is 12.5 Å². The van der Waals surface area contributed by atoms with Gasteiger partial charge in [0.05, 0.1) is 13.1 Å². The Morgan fingerprint density at radius 2 is 2.19 bits per heavy atom. The minimum atomic E-state index is -1.01. The molecule has 1 aromatic rings. The lowest BCUT2D eigenvalue weighted by Gasteiger charge is -2.20. The molecular formula is C9H14N6O. The van der Waals surface area contributed by atoms with Crippen molar-refractivity contribution in [2.75, 3.05) is 5.32 Å². The number of anilines is 1. The molecule has 1 aromatic heterocycles. The minimum Gasteiger partial charge on any atom is -0.290 e. The summed E-state index contributed by atoms with van der Waals surface area (Å²) < 4.78 is 0. The second-order valence-electron chi connectivity index (χ2n) is 3.46. The quantitative estimate of drug-likeness (QED) is 0.799. The Morgan fingerprint density at radius 1 is 1.56 bits per heavy atom. The molecule has 0 aliphatic rings. The molecule has 0 fully saturated rings. The molecule has 16 heavy (non-hydrogen) atoms. The Labute approximate surface area is 93.4 Å². The van der Waals surface area contributed by atoms with E-state index in [-0.39, 0.29) is 11.9 Å². The molecule has 0 saturated carbocycles. The van der Waals surface area contributed by atoms with E-state index < -0.39 is 5.41 Å². The maximum atomic E-state index is 11.9. The van der Waals surface area contributed by atoms with Crippen LogP contribution in [-0.4, -0.2) is 26.1 Å². The van der Waals surface area contributed by atoms with Crippen LogP contribution in [0.4, 0.5) is 5.95 Å². The van der Waals surface area contributed by atoms with Crippen molar-refractivity contribution in [2.45, 2.75) is 26.7 Å². The molecule has 0 radical (unpaired) electrons. The zero-order valence-electron chi connectivity index (χ0n) is 9.56. The van der Waals surface area contributed by atoms with Crippen LogP contribution in [0.3, 0.4) is 0 Å². The van der Waals surface area contributed by atoms with E-state index >= 15 is 0 Å². The monoisotopic (exact) mass is 222 g/mol. The summed E-state index contributed by atoms with van der Waals surface area (Å²) >= 11 is 0. The third kappa shape index (κ3) is 2.16. The smallest absolute Gasteiger partial charge is 0.270 e. The summed E-state index contributed by atoms with van der Waals surface area (Å²) in [4.78, 5) is 13.1. The van der Waals surface area contributed by atoms with Crippen LogP contribution in [0.5, 0.6) is 0 Å². The van der Waals surface area contributed by atoms with Gasteiger partial charge in [-0.25, -0.2) is 0 Å². The lowest BCUT2D eigenvalue weighted by atomic mass is 9.83. The third-order valence-corrected chi connectivity index (χ3v) is 2.59. The van der Waals surface area contributed by atoms with Gasteiger partial charge in [-0.2, -0.15) is 10.1 Å². The van der Waals surface area contributed by atoms with Gasteiger partial charge in [0.25, 0.3) is 5.95 Å². The number of tetrazole rings is 1. The summed E-state index contributed by atoms with van der Waals surface area (Å²) in [5.74, 6) is -0.262. The van der Waals surface area contributed by atoms with E-state index in [2.05, 4.69) is 20.7 Å². The first kappa shape index (κ1) is 12.1. The molecule has 0 aromatic carbocycles. The summed E-state index contributed by atoms with van der Waals surface area (Å²) in [7, 11) is 1.60. The third-order valence-electron chi connectivity index (χ3n) is 2.59. The predicted octanol–water partition coefficient (Wildman–Crippen LogP) is 0.479. The molecule has 0 unspecified atom stereocenters. The van der Waals surface area contributed by atoms with E-state index in [1.165, 1.54) is 4.80 Å². The maximum absolute atomic E-state index is 11.9. The molecule has 7 heteroatoms. The zero-order valence-corrected chi connectivity index (χ0v) is 9.56. The van der Waals surface area contributed by atoms with Crippen molar-refractivity contribution in [3.8, 4) is 6.07 Å². The largest absolute Gasteiger partial charge is 0.290 e. The SMILES string of the molecule is CCC(C#N)(CC)C(=O)Nc1nnn(C)n1. The Hall–Kier alpha value is -1.97. The first-order chi connectivity index (χ1) is 7.57. The average molecular weight is 222 g/mol. The fourth-order valence-corrected chi connectivity index (χ4v) is 1.34. The van der Waals surface area contributed by atoms with E-state index in [0.717, 1.165) is 0 Å². The van der Waals surface area contributed by atoms with Gasteiger partial charge in [-0.15, -0.1) is 5.10 Å². The van der Waals surface area contributed by atoms with Gasteiger partial charge in [0, 0.05) is 0 Å². The van der Waals surface area contributed by atoms with Crippen LogP contribution in [0, 0.1) is 16.7 Å². The summed E-state index contributed by atoms with van der Waals surface area (Å²) in [5, 5.41) is 22.6. The van der Waals surface area contributed by atoms with Gasteiger partial charge in [-0.3, -0.25) is 10.1 Å². The van der Waals surface area contributed by atoms with Crippen LogP contribution in [0.25, 0.3) is 0 Å². The Bertz CT molecular complexity index is 414. The normalized spacial score (nSPS) is 10.9. The molecule has 0 bridgehead atoms. The number of aromatic nitrogens is 4. The van der Waals surface area contributed by atoms with Crippen LogP contribution >= 0.6 is 0 Å². The predicted molar refractivity (Wildman–Crippen MR) is 56.1 cm³/mol. The number of carbonyl (C=O) groups is 1. The number of nitrogens with zero attached hydrogens (tertiary/aromatic N) is 5. The number of hydrogen-bond acceptors (Lipinski definition) is 5. The number of aryl methyl sites for hydroxylation is 1. The number of hydrogen-bond donors (Lipinski definition) is 1. The van der Waals surface area contributed by atoms with Crippen LogP contribution in [0.2, 0.25) is 0 Å². The zero-order chi connectivity index (χ0) is 12.2. The van der Waals surface area contributed by atoms with E-state index in [1.807, 2.05) is 6.07 Å². The molecule has 0 saturated heterocycles. The highest BCUT2D eigenvalue weighted by atomic mass is 16.2. The second-order valence-corrected chi connectivity index (χ2v) is 3.46. The highest BCUT2D eigenvalue weighted by molar-refractivity contribution is 5.95. The van der Waals surface area contributed by atoms with Gasteiger partial charge in [-0.1, -0.05) is 18.9 Å². The fraction of sp³-hybridized carbons (Fsp3) is 0.667. The number of carbonyl (C=O) groups excluding carboxylic acids is 1. The number of amides is 1. The van der Waals surface area contributed by atoms with Crippen LogP contribution in [0.15, 0.2) is 0 Å². The molecule has 1 N–H and O–H groups in total. The Balaban J connectivity index is 2.82. The molecule has 7 nitrogen and oxygen atoms in total. The molecule has 0 aliphatic heterocycles. The van der Waals surface area contributed by atoms with Crippen molar-refractivity contribution < 1.29 is 4.79 Å². The number of rotatable bonds is 4. The van der Waals surface area contributed by atoms with Crippen LogP contribution in [-0.2, 0) is 11.8 Å². The molecule has 1 rings (SSSR count). The van der Waals surface area contributed by atoms with Gasteiger partial charge >= 0.3 is 0 Å². The van der Waals surface area contributed by atoms with Crippen molar-refractivity contribution in [3.63, 3.8) is 0 Å². The molecular weight excluding hydrogens is 208 g/mol. The highest BCUT2D eigenvalue weighted by Crippen LogP contribution is 2.26. The van der Waals surface area contributed by atoms with Gasteiger partial charge < -0.3 is 0 Å². The highest BCUT2D eigenvalue weighted by Gasteiger charge is 2.35. The summed E-state index contributed by atoms with van der Waals surface area (Å²) in [6.07, 6.45) is 0.901. The molecule has 0 aliphatic carbocycles. The summed E-state index contributed by atoms with van der Waals surface area (Å²) in [6, 6.07) is 2.05. The van der Waals surface area contributed by atoms with Crippen molar-refractivity contribution >= 4 is 11.9 Å². The van der Waals surface area contributed by atoms with Crippen LogP contribution in [0.1, 0.15) is 26.7 Å². The first-order valence-electron chi connectivity index (χ1n) is 5.04. The van der Waals surface area contributed by atoms with Crippen molar-refractivity contribution in [3.05, 3.63) is 0 Å². The standard InChI is InChI=1S/C9H14N6O/c1-4-9(5-2,6-10)7(16)11-8-12-14-15(3)13-8/h4-5H2,1-3H3,(H,11,13,16). The topological polar surface area (TPSA) is 96.5 Å². The van der Waals surface area contributed by atoms with Gasteiger partial charge in [0.15, 0.2) is 0 Å². The van der Waals surface area contributed by atoms with E-state index in [1.54, 1.807) is 20.9 Å². The Morgan fingerprint density at radius 3 is 2.56 bits per heavy atom. The molecule has 0 spiro atoms. The van der Waals surface area contributed by atoms with Crippen molar-refractivity contribution in [1.29, 1.82) is 5.26 Å². The number of nitrogens with one attached hydrogen (secondary N) is 1. The number of nitriles is 1. The van der Waals surface area contributed by atoms with Crippen molar-refractivity contribution in [1.82, 2.24) is 20.2 Å². The summed E-state index contributed by atoms with van der Waals surface area (Å²) in [5.41, 5.74) is -1.01. The summed E-state index contributed by atoms with van der Waals surface area (Å²) in [6.45, 7) is 3.60. The van der Waals surface area contributed by atoms with Crippen LogP contribution < -0.4 is 5.32 Å². The molecule has 0 atom stereocenters. The lowest BCUT2D eigenvalue weighted by Crippen LogP contribution is -2.34. The molecule has 86 valence electrons. The average Bonchev–Trinajstić information content (AvgIpc) is 2.67. The van der Waals surface area contributed by atoms with E-state index in [4.69, 9.17) is 5.26 Å². The maximum Gasteiger partial charge on any atom is 0.270 e. The minimum absolute atomic E-state index is 0.119. The van der Waals surface area contributed by atoms with Gasteiger partial charge in [0.1, 0.15) is 5.41 Å². The first-order valence-corrected chi connectivity index (χ1v) is 5.04. The lowest BCUT2D eigenvalue weighted by molar-refractivity contribution is -0.123. The van der Waals surface area contributed by atoms with Gasteiger partial charge in [0.2, 0.25) is 5.91 Å². The molecule has 1 heterocycles. The van der Waals surface area contributed by atoms with E-state index in [0.29, 0.717) is 12.8 Å². The fourth-order valence-electron chi connectivity index (χ4n) is 1.34. The molecule has 1 amide bonds. The second kappa shape index (κ2) is 4.70. The van der Waals surface area contributed by atoms with Gasteiger partial charge in [-0.05, 0) is 18.1 Å². The van der Waals surface area contributed by atoms with E-state index in [9.17, 15) is 4.79 Å².